The number of ether oxygens (including phenoxy) is 1. The second-order valence-corrected chi connectivity index (χ2v) is 7.66. The number of allylic oxidation sites excluding steroid dienone is 1. The van der Waals surface area contributed by atoms with E-state index < -0.39 is 0 Å². The molecule has 29 heavy (non-hydrogen) atoms. The fourth-order valence-electron chi connectivity index (χ4n) is 2.92. The van der Waals surface area contributed by atoms with Gasteiger partial charge >= 0.3 is 0 Å². The van der Waals surface area contributed by atoms with Crippen LogP contribution in [0.25, 0.3) is 22.7 Å². The number of aromatic nitrogens is 2. The predicted molar refractivity (Wildman–Crippen MR) is 120 cm³/mol. The summed E-state index contributed by atoms with van der Waals surface area (Å²) in [6.45, 7) is 0.328. The van der Waals surface area contributed by atoms with Crippen LogP contribution in [0.1, 0.15) is 17.0 Å². The summed E-state index contributed by atoms with van der Waals surface area (Å²) in [4.78, 5) is 7.72. The summed E-state index contributed by atoms with van der Waals surface area (Å²) in [5, 5.41) is 10.4. The van der Waals surface area contributed by atoms with E-state index >= 15 is 0 Å². The molecular formula is C23H15BrClN3O. The lowest BCUT2D eigenvalue weighted by Gasteiger charge is -2.11. The van der Waals surface area contributed by atoms with Crippen LogP contribution >= 0.6 is 27.5 Å². The van der Waals surface area contributed by atoms with Crippen molar-refractivity contribution in [1.29, 1.82) is 5.26 Å². The van der Waals surface area contributed by atoms with E-state index in [1.807, 2.05) is 66.7 Å². The van der Waals surface area contributed by atoms with Crippen molar-refractivity contribution in [2.24, 2.45) is 0 Å². The molecule has 1 aromatic heterocycles. The quantitative estimate of drug-likeness (QED) is 0.337. The van der Waals surface area contributed by atoms with Crippen molar-refractivity contribution in [3.63, 3.8) is 0 Å². The maximum atomic E-state index is 9.72. The third-order valence-corrected chi connectivity index (χ3v) is 5.24. The maximum Gasteiger partial charge on any atom is 0.149 e. The van der Waals surface area contributed by atoms with Crippen LogP contribution in [-0.4, -0.2) is 9.97 Å². The van der Waals surface area contributed by atoms with Crippen LogP contribution in [0.3, 0.4) is 0 Å². The van der Waals surface area contributed by atoms with Crippen molar-refractivity contribution in [2.45, 2.75) is 6.61 Å². The van der Waals surface area contributed by atoms with Gasteiger partial charge in [-0.1, -0.05) is 57.9 Å². The van der Waals surface area contributed by atoms with Crippen molar-refractivity contribution in [1.82, 2.24) is 9.97 Å². The van der Waals surface area contributed by atoms with Gasteiger partial charge in [-0.2, -0.15) is 5.26 Å². The molecule has 1 N–H and O–H groups in total. The number of nitrogens with zero attached hydrogens (tertiary/aromatic N) is 2. The molecule has 0 aliphatic heterocycles. The number of halogens is 2. The van der Waals surface area contributed by atoms with Gasteiger partial charge in [-0.3, -0.25) is 0 Å². The van der Waals surface area contributed by atoms with E-state index in [0.717, 1.165) is 26.6 Å². The number of nitrogens with one attached hydrogen (secondary N) is 1. The van der Waals surface area contributed by atoms with E-state index in [-0.39, 0.29) is 0 Å². The lowest BCUT2D eigenvalue weighted by molar-refractivity contribution is 0.305. The fraction of sp³-hybridized carbons (Fsp3) is 0.0435. The van der Waals surface area contributed by atoms with Crippen LogP contribution in [0.5, 0.6) is 5.75 Å². The highest BCUT2D eigenvalue weighted by Crippen LogP contribution is 2.29. The average Bonchev–Trinajstić information content (AvgIpc) is 3.16. The van der Waals surface area contributed by atoms with Gasteiger partial charge in [0.05, 0.1) is 16.6 Å². The van der Waals surface area contributed by atoms with E-state index in [1.54, 1.807) is 6.08 Å². The first kappa shape index (κ1) is 19.3. The van der Waals surface area contributed by atoms with Crippen LogP contribution in [0.15, 0.2) is 71.2 Å². The van der Waals surface area contributed by atoms with Crippen molar-refractivity contribution >= 4 is 50.2 Å². The Balaban J connectivity index is 1.68. The van der Waals surface area contributed by atoms with E-state index in [2.05, 4.69) is 32.0 Å². The molecule has 0 amide bonds. The maximum absolute atomic E-state index is 9.72. The van der Waals surface area contributed by atoms with E-state index in [4.69, 9.17) is 16.3 Å². The molecule has 0 atom stereocenters. The number of nitriles is 1. The van der Waals surface area contributed by atoms with E-state index in [0.29, 0.717) is 28.8 Å². The second-order valence-electron chi connectivity index (χ2n) is 6.33. The molecule has 142 valence electrons. The van der Waals surface area contributed by atoms with Crippen LogP contribution < -0.4 is 4.74 Å². The van der Waals surface area contributed by atoms with Crippen LogP contribution in [0, 0.1) is 11.3 Å². The highest BCUT2D eigenvalue weighted by molar-refractivity contribution is 9.10. The number of benzene rings is 3. The van der Waals surface area contributed by atoms with Crippen molar-refractivity contribution in [2.75, 3.05) is 0 Å². The summed E-state index contributed by atoms with van der Waals surface area (Å²) >= 11 is 9.71. The Morgan fingerprint density at radius 3 is 2.72 bits per heavy atom. The minimum atomic E-state index is 0.328. The number of aromatic amines is 1. The SMILES string of the molecule is N#C/C(=C\c1cc(Br)ccc1OCc1ccccc1Cl)c1nc2ccccc2[nH]1. The number of rotatable bonds is 5. The summed E-state index contributed by atoms with van der Waals surface area (Å²) < 4.78 is 6.89. The van der Waals surface area contributed by atoms with Gasteiger partial charge in [-0.15, -0.1) is 0 Å². The normalized spacial score (nSPS) is 11.4. The zero-order valence-electron chi connectivity index (χ0n) is 15.2. The van der Waals surface area contributed by atoms with Crippen LogP contribution in [0.4, 0.5) is 0 Å². The van der Waals surface area contributed by atoms with Gasteiger partial charge in [-0.25, -0.2) is 4.98 Å². The molecular weight excluding hydrogens is 450 g/mol. The highest BCUT2D eigenvalue weighted by atomic mass is 79.9. The highest BCUT2D eigenvalue weighted by Gasteiger charge is 2.11. The summed E-state index contributed by atoms with van der Waals surface area (Å²) in [5.74, 6) is 1.17. The average molecular weight is 465 g/mol. The molecule has 0 bridgehead atoms. The topological polar surface area (TPSA) is 61.7 Å². The summed E-state index contributed by atoms with van der Waals surface area (Å²) in [5.41, 5.74) is 3.77. The van der Waals surface area contributed by atoms with Gasteiger partial charge in [0.25, 0.3) is 0 Å². The van der Waals surface area contributed by atoms with E-state index in [1.165, 1.54) is 0 Å². The number of imidazole rings is 1. The molecule has 1 heterocycles. The van der Waals surface area contributed by atoms with Crippen LogP contribution in [-0.2, 0) is 6.61 Å². The van der Waals surface area contributed by atoms with Gasteiger partial charge in [0, 0.05) is 20.6 Å². The predicted octanol–water partition coefficient (Wildman–Crippen LogP) is 6.62. The smallest absolute Gasteiger partial charge is 0.149 e. The van der Waals surface area contributed by atoms with Gasteiger partial charge < -0.3 is 9.72 Å². The minimum absolute atomic E-state index is 0.328. The minimum Gasteiger partial charge on any atom is -0.488 e. The number of hydrogen-bond donors (Lipinski definition) is 1. The third-order valence-electron chi connectivity index (χ3n) is 4.38. The summed E-state index contributed by atoms with van der Waals surface area (Å²) in [6, 6.07) is 23.1. The number of H-pyrrole nitrogens is 1. The standard InChI is InChI=1S/C23H15BrClN3O/c24-18-9-10-22(29-14-15-5-1-2-6-19(15)25)16(12-18)11-17(13-26)23-27-20-7-3-4-8-21(20)28-23/h1-12H,14H2,(H,27,28)/b17-11+. The van der Waals surface area contributed by atoms with Crippen molar-refractivity contribution in [3.8, 4) is 11.8 Å². The Labute approximate surface area is 181 Å². The first-order valence-electron chi connectivity index (χ1n) is 8.87. The summed E-state index contributed by atoms with van der Waals surface area (Å²) in [7, 11) is 0. The molecule has 6 heteroatoms. The Hall–Kier alpha value is -3.07. The van der Waals surface area contributed by atoms with Gasteiger partial charge in [0.1, 0.15) is 24.3 Å². The molecule has 0 radical (unpaired) electrons. The molecule has 0 spiro atoms. The molecule has 0 aliphatic rings. The monoisotopic (exact) mass is 463 g/mol. The Bertz CT molecular complexity index is 1220. The van der Waals surface area contributed by atoms with Gasteiger partial charge in [0.2, 0.25) is 0 Å². The molecule has 3 aromatic carbocycles. The molecule has 0 unspecified atom stereocenters. The lowest BCUT2D eigenvalue weighted by Crippen LogP contribution is -1.98. The molecule has 0 saturated heterocycles. The zero-order valence-corrected chi connectivity index (χ0v) is 17.5. The third kappa shape index (κ3) is 4.34. The Morgan fingerprint density at radius 1 is 1.14 bits per heavy atom. The second kappa shape index (κ2) is 8.52. The molecule has 4 aromatic rings. The lowest BCUT2D eigenvalue weighted by atomic mass is 10.1. The van der Waals surface area contributed by atoms with Crippen LogP contribution in [0.2, 0.25) is 5.02 Å². The molecule has 0 fully saturated rings. The van der Waals surface area contributed by atoms with Crippen molar-refractivity contribution in [3.05, 3.63) is 93.2 Å². The zero-order chi connectivity index (χ0) is 20.2. The first-order chi connectivity index (χ1) is 14.1. The van der Waals surface area contributed by atoms with E-state index in [9.17, 15) is 5.26 Å². The molecule has 4 nitrogen and oxygen atoms in total. The fourth-order valence-corrected chi connectivity index (χ4v) is 3.49. The number of hydrogen-bond acceptors (Lipinski definition) is 3. The first-order valence-corrected chi connectivity index (χ1v) is 10.0. The Kier molecular flexibility index (Phi) is 5.66. The number of para-hydroxylation sites is 2. The van der Waals surface area contributed by atoms with Gasteiger partial charge in [0.15, 0.2) is 0 Å². The van der Waals surface area contributed by atoms with Crippen molar-refractivity contribution < 1.29 is 4.74 Å². The van der Waals surface area contributed by atoms with Gasteiger partial charge in [-0.05, 0) is 42.5 Å². The molecule has 0 saturated carbocycles. The molecule has 0 aliphatic carbocycles. The summed E-state index contributed by atoms with van der Waals surface area (Å²) in [6.07, 6.45) is 1.77. The largest absolute Gasteiger partial charge is 0.488 e. The number of fused-ring (bicyclic) bond motifs is 1. The molecule has 4 rings (SSSR count). The Morgan fingerprint density at radius 2 is 1.93 bits per heavy atom.